The Hall–Kier alpha value is -3.53. The Kier molecular flexibility index (Phi) is 6.99. The van der Waals surface area contributed by atoms with Crippen molar-refractivity contribution in [3.8, 4) is 0 Å². The van der Waals surface area contributed by atoms with Crippen LogP contribution >= 0.6 is 0 Å². The van der Waals surface area contributed by atoms with Gasteiger partial charge in [0.2, 0.25) is 5.78 Å². The molecule has 3 aromatic rings. The predicted octanol–water partition coefficient (Wildman–Crippen LogP) is -1.87. The van der Waals surface area contributed by atoms with Gasteiger partial charge in [0.25, 0.3) is 5.56 Å². The number of esters is 1. The van der Waals surface area contributed by atoms with Gasteiger partial charge in [-0.25, -0.2) is 24.0 Å². The molecular formula is C21H28N6O9. The molecule has 4 rings (SSSR count). The highest BCUT2D eigenvalue weighted by molar-refractivity contribution is 5.81. The van der Waals surface area contributed by atoms with Crippen LogP contribution in [0.1, 0.15) is 24.0 Å². The van der Waals surface area contributed by atoms with E-state index in [2.05, 4.69) is 20.0 Å². The van der Waals surface area contributed by atoms with E-state index in [1.165, 1.54) is 29.5 Å². The first-order valence-corrected chi connectivity index (χ1v) is 11.1. The van der Waals surface area contributed by atoms with Gasteiger partial charge >= 0.3 is 12.1 Å². The summed E-state index contributed by atoms with van der Waals surface area (Å²) >= 11 is 0. The van der Waals surface area contributed by atoms with Gasteiger partial charge in [0.05, 0.1) is 38.5 Å². The monoisotopic (exact) mass is 508 g/mol. The zero-order valence-corrected chi connectivity index (χ0v) is 20.1. The number of aryl methyl sites for hydroxylation is 3. The third-order valence-electron chi connectivity index (χ3n) is 6.37. The summed E-state index contributed by atoms with van der Waals surface area (Å²) in [6, 6.07) is -1.01. The number of carbonyl (C=O) groups is 2. The highest BCUT2D eigenvalue weighted by atomic mass is 16.6. The molecule has 5 atom stereocenters. The van der Waals surface area contributed by atoms with Crippen molar-refractivity contribution in [2.45, 2.75) is 50.3 Å². The zero-order valence-electron chi connectivity index (χ0n) is 20.1. The Balaban J connectivity index is 1.75. The molecule has 15 nitrogen and oxygen atoms in total. The number of methoxy groups -OCH3 is 2. The minimum atomic E-state index is -1.36. The fraction of sp³-hybridized carbons (Fsp3) is 0.571. The van der Waals surface area contributed by atoms with E-state index >= 15 is 0 Å². The first kappa shape index (κ1) is 25.6. The van der Waals surface area contributed by atoms with E-state index in [0.717, 1.165) is 0 Å². The van der Waals surface area contributed by atoms with Gasteiger partial charge in [-0.05, 0) is 19.8 Å². The van der Waals surface area contributed by atoms with E-state index in [-0.39, 0.29) is 24.1 Å². The number of aliphatic hydroxyl groups is 3. The molecule has 0 aliphatic carbocycles. The van der Waals surface area contributed by atoms with Crippen LogP contribution < -0.4 is 10.9 Å². The second-order valence-corrected chi connectivity index (χ2v) is 8.45. The van der Waals surface area contributed by atoms with Gasteiger partial charge in [-0.3, -0.25) is 13.9 Å². The third kappa shape index (κ3) is 4.09. The van der Waals surface area contributed by atoms with E-state index < -0.39 is 54.8 Å². The molecular weight excluding hydrogens is 480 g/mol. The molecule has 4 N–H and O–H groups in total. The number of fused-ring (bicyclic) bond motifs is 2. The van der Waals surface area contributed by atoms with Crippen molar-refractivity contribution < 1.29 is 39.1 Å². The van der Waals surface area contributed by atoms with Gasteiger partial charge in [0, 0.05) is 7.05 Å². The van der Waals surface area contributed by atoms with Gasteiger partial charge in [0.15, 0.2) is 17.4 Å². The first-order valence-electron chi connectivity index (χ1n) is 11.1. The summed E-state index contributed by atoms with van der Waals surface area (Å²) in [6.07, 6.45) is -3.96. The number of nitrogens with zero attached hydrogens (tertiary/aromatic N) is 5. The Morgan fingerprint density at radius 1 is 1.25 bits per heavy atom. The number of hydrogen-bond donors (Lipinski definition) is 4. The van der Waals surface area contributed by atoms with Crippen LogP contribution in [-0.2, 0) is 32.5 Å². The van der Waals surface area contributed by atoms with Crippen LogP contribution in [0.15, 0.2) is 11.1 Å². The highest BCUT2D eigenvalue weighted by Gasteiger charge is 2.44. The number of amides is 1. The Bertz CT molecular complexity index is 1360. The molecule has 36 heavy (non-hydrogen) atoms. The molecule has 3 aromatic heterocycles. The molecule has 1 aliphatic heterocycles. The van der Waals surface area contributed by atoms with Crippen molar-refractivity contribution >= 4 is 29.0 Å². The fourth-order valence-corrected chi connectivity index (χ4v) is 4.49. The number of ether oxygens (including phenoxy) is 3. The Morgan fingerprint density at radius 3 is 2.58 bits per heavy atom. The van der Waals surface area contributed by atoms with Gasteiger partial charge in [-0.15, -0.1) is 0 Å². The Labute approximate surface area is 203 Å². The molecule has 0 aromatic carbocycles. The van der Waals surface area contributed by atoms with Crippen LogP contribution in [0.4, 0.5) is 4.79 Å². The van der Waals surface area contributed by atoms with Crippen LogP contribution in [0.3, 0.4) is 0 Å². The van der Waals surface area contributed by atoms with Crippen LogP contribution in [0.25, 0.3) is 16.9 Å². The minimum absolute atomic E-state index is 0.0543. The van der Waals surface area contributed by atoms with Gasteiger partial charge < -0.3 is 34.8 Å². The number of hydrogen-bond acceptors (Lipinski definition) is 11. The summed E-state index contributed by atoms with van der Waals surface area (Å²) in [5, 5.41) is 32.4. The van der Waals surface area contributed by atoms with Crippen molar-refractivity contribution in [2.75, 3.05) is 20.8 Å². The molecule has 15 heteroatoms. The molecule has 0 spiro atoms. The predicted molar refractivity (Wildman–Crippen MR) is 121 cm³/mol. The summed E-state index contributed by atoms with van der Waals surface area (Å²) in [4.78, 5) is 46.0. The first-order chi connectivity index (χ1) is 17.1. The molecule has 196 valence electrons. The van der Waals surface area contributed by atoms with Gasteiger partial charge in [-0.2, -0.15) is 0 Å². The summed E-state index contributed by atoms with van der Waals surface area (Å²) in [6.45, 7) is 1.21. The number of alkyl carbamates (subject to hydrolysis) is 1. The van der Waals surface area contributed by atoms with Gasteiger partial charge in [0.1, 0.15) is 24.4 Å². The van der Waals surface area contributed by atoms with Crippen molar-refractivity contribution in [1.29, 1.82) is 0 Å². The number of nitrogens with one attached hydrogen (secondary N) is 1. The molecule has 1 aliphatic rings. The molecule has 0 bridgehead atoms. The van der Waals surface area contributed by atoms with E-state index in [1.54, 1.807) is 18.5 Å². The molecule has 1 saturated heterocycles. The van der Waals surface area contributed by atoms with E-state index in [1.807, 2.05) is 0 Å². The maximum atomic E-state index is 13.5. The minimum Gasteiger partial charge on any atom is -0.467 e. The van der Waals surface area contributed by atoms with Crippen LogP contribution in [0.5, 0.6) is 0 Å². The van der Waals surface area contributed by atoms with E-state index in [9.17, 15) is 29.7 Å². The lowest BCUT2D eigenvalue weighted by Gasteiger charge is -2.18. The number of rotatable bonds is 7. The maximum Gasteiger partial charge on any atom is 0.407 e. The van der Waals surface area contributed by atoms with Crippen LogP contribution in [0, 0.1) is 6.92 Å². The lowest BCUT2D eigenvalue weighted by Crippen LogP contribution is -2.41. The second kappa shape index (κ2) is 9.85. The lowest BCUT2D eigenvalue weighted by molar-refractivity contribution is -0.143. The molecule has 0 radical (unpaired) electrons. The Morgan fingerprint density at radius 2 is 1.97 bits per heavy atom. The lowest BCUT2D eigenvalue weighted by atomic mass is 10.1. The van der Waals surface area contributed by atoms with Crippen LogP contribution in [0.2, 0.25) is 0 Å². The van der Waals surface area contributed by atoms with Crippen molar-refractivity contribution in [1.82, 2.24) is 28.8 Å². The average molecular weight is 508 g/mol. The number of imidazole rings is 2. The second-order valence-electron chi connectivity index (χ2n) is 8.45. The average Bonchev–Trinajstić information content (AvgIpc) is 3.54. The van der Waals surface area contributed by atoms with Crippen molar-refractivity contribution in [2.24, 2.45) is 7.05 Å². The van der Waals surface area contributed by atoms with E-state index in [4.69, 9.17) is 9.47 Å². The fourth-order valence-electron chi connectivity index (χ4n) is 4.49. The summed E-state index contributed by atoms with van der Waals surface area (Å²) in [7, 11) is 4.03. The number of aliphatic hydroxyl groups excluding tert-OH is 3. The summed E-state index contributed by atoms with van der Waals surface area (Å²) in [5.41, 5.74) is 0.888. The maximum absolute atomic E-state index is 13.5. The molecule has 0 saturated carbocycles. The number of carbonyl (C=O) groups excluding carboxylic acids is 2. The van der Waals surface area contributed by atoms with Crippen molar-refractivity contribution in [3.05, 3.63) is 28.1 Å². The molecule has 1 unspecified atom stereocenters. The standard InChI is InChI=1S/C21H28N6O9/c1-9-11(6-5-10(19(32)34-3)24-21(33)35-4)27-17(31)13-16(25(2)20(27)23-9)26(8-22-13)18-15(30)14(29)12(7-28)36-18/h8,10,12,14-15,18,28-30H,5-7H2,1-4H3,(H,24,33)/t10?,12-,14-,15-,18-/m1/s1. The quantitative estimate of drug-likeness (QED) is 0.261. The van der Waals surface area contributed by atoms with Gasteiger partial charge in [-0.1, -0.05) is 0 Å². The number of aromatic nitrogens is 5. The highest BCUT2D eigenvalue weighted by Crippen LogP contribution is 2.31. The molecule has 1 fully saturated rings. The smallest absolute Gasteiger partial charge is 0.407 e. The third-order valence-corrected chi connectivity index (χ3v) is 6.37. The van der Waals surface area contributed by atoms with Crippen molar-refractivity contribution in [3.63, 3.8) is 0 Å². The normalized spacial score (nSPS) is 22.8. The summed E-state index contributed by atoms with van der Waals surface area (Å²) < 4.78 is 19.3. The molecule has 4 heterocycles. The van der Waals surface area contributed by atoms with Crippen LogP contribution in [-0.4, -0.2) is 96.1 Å². The SMILES string of the molecule is COC(=O)NC(CCc1c(C)nc2n(C)c3c(ncn3[C@@H]3O[C@H](CO)[C@@H](O)[C@H]3O)c(=O)n12)C(=O)OC. The topological polar surface area (TPSA) is 192 Å². The summed E-state index contributed by atoms with van der Waals surface area (Å²) in [5.74, 6) is -0.400. The van der Waals surface area contributed by atoms with E-state index in [0.29, 0.717) is 17.0 Å². The molecule has 1 amide bonds. The zero-order chi connectivity index (χ0) is 26.3. The largest absolute Gasteiger partial charge is 0.467 e.